The summed E-state index contributed by atoms with van der Waals surface area (Å²) in [6.45, 7) is 12.4. The van der Waals surface area contributed by atoms with Crippen molar-refractivity contribution in [2.45, 2.75) is 83.3 Å². The highest BCUT2D eigenvalue weighted by Crippen LogP contribution is 2.28. The lowest BCUT2D eigenvalue weighted by Crippen LogP contribution is -2.59. The number of piperidine rings is 1. The molecule has 25 heavy (non-hydrogen) atoms. The number of hydrogen-bond donors (Lipinski definition) is 1. The molecule has 4 heteroatoms. The molecule has 0 spiro atoms. The number of aliphatic hydroxyl groups excluding tert-OH is 1. The van der Waals surface area contributed by atoms with E-state index in [1.807, 2.05) is 0 Å². The van der Waals surface area contributed by atoms with E-state index in [0.717, 1.165) is 18.4 Å². The van der Waals surface area contributed by atoms with Crippen LogP contribution in [-0.2, 0) is 0 Å². The van der Waals surface area contributed by atoms with Gasteiger partial charge < -0.3 is 14.9 Å². The highest BCUT2D eigenvalue weighted by atomic mass is 16.3. The second-order valence-electron chi connectivity index (χ2n) is 9.03. The molecular formula is C21H41N3O. The molecule has 0 aromatic carbocycles. The van der Waals surface area contributed by atoms with E-state index in [1.165, 1.54) is 84.2 Å². The smallest absolute Gasteiger partial charge is 0.0446 e. The summed E-state index contributed by atoms with van der Waals surface area (Å²) in [5.74, 6) is 0.935. The van der Waals surface area contributed by atoms with Crippen LogP contribution in [-0.4, -0.2) is 83.8 Å². The van der Waals surface area contributed by atoms with Crippen LogP contribution in [0.3, 0.4) is 0 Å². The van der Waals surface area contributed by atoms with Gasteiger partial charge in [0, 0.05) is 50.9 Å². The number of likely N-dealkylation sites (tertiary alicyclic amines) is 1. The lowest BCUT2D eigenvalue weighted by molar-refractivity contribution is -0.00320. The first-order chi connectivity index (χ1) is 12.2. The van der Waals surface area contributed by atoms with E-state index in [-0.39, 0.29) is 0 Å². The van der Waals surface area contributed by atoms with Gasteiger partial charge in [0.25, 0.3) is 0 Å². The third-order valence-electron chi connectivity index (χ3n) is 7.01. The maximum atomic E-state index is 9.60. The zero-order valence-electron chi connectivity index (χ0n) is 16.7. The number of rotatable bonds is 6. The molecule has 0 radical (unpaired) electrons. The first kappa shape index (κ1) is 19.6. The van der Waals surface area contributed by atoms with Crippen molar-refractivity contribution in [2.24, 2.45) is 5.92 Å². The van der Waals surface area contributed by atoms with Crippen LogP contribution in [0.4, 0.5) is 0 Å². The Bertz CT molecular complexity index is 375. The molecule has 1 aliphatic carbocycles. The standard InChI is InChI=1S/C21H41N3O/c1-18(2)23-11-8-20(9-12-23)24-14-13-22(17-21(24)10-15-25)16-19-6-4-3-5-7-19/h18-21,25H,3-17H2,1-2H3/t21-/m1/s1. The van der Waals surface area contributed by atoms with Crippen LogP contribution in [0, 0.1) is 5.92 Å². The minimum absolute atomic E-state index is 0.337. The van der Waals surface area contributed by atoms with Gasteiger partial charge in [0.2, 0.25) is 0 Å². The summed E-state index contributed by atoms with van der Waals surface area (Å²) >= 11 is 0. The Kier molecular flexibility index (Phi) is 7.59. The number of aliphatic hydroxyl groups is 1. The predicted molar refractivity (Wildman–Crippen MR) is 105 cm³/mol. The molecule has 1 atom stereocenters. The van der Waals surface area contributed by atoms with Crippen LogP contribution in [0.1, 0.15) is 65.2 Å². The SMILES string of the molecule is CC(C)N1CCC(N2CCN(CC3CCCCC3)C[C@H]2CCO)CC1. The molecule has 2 aliphatic heterocycles. The maximum absolute atomic E-state index is 9.60. The zero-order chi connectivity index (χ0) is 17.6. The molecule has 3 rings (SSSR count). The van der Waals surface area contributed by atoms with Crippen molar-refractivity contribution >= 4 is 0 Å². The predicted octanol–water partition coefficient (Wildman–Crippen LogP) is 2.81. The monoisotopic (exact) mass is 351 g/mol. The van der Waals surface area contributed by atoms with Gasteiger partial charge >= 0.3 is 0 Å². The average molecular weight is 352 g/mol. The Hall–Kier alpha value is -0.160. The van der Waals surface area contributed by atoms with Crippen LogP contribution in [0.15, 0.2) is 0 Å². The first-order valence-corrected chi connectivity index (χ1v) is 11.0. The minimum atomic E-state index is 0.337. The van der Waals surface area contributed by atoms with Crippen LogP contribution in [0.5, 0.6) is 0 Å². The lowest BCUT2D eigenvalue weighted by Gasteiger charge is -2.48. The molecule has 1 saturated carbocycles. The molecule has 2 saturated heterocycles. The van der Waals surface area contributed by atoms with Gasteiger partial charge in [0.05, 0.1) is 0 Å². The summed E-state index contributed by atoms with van der Waals surface area (Å²) in [5.41, 5.74) is 0. The molecular weight excluding hydrogens is 310 g/mol. The van der Waals surface area contributed by atoms with Crippen molar-refractivity contribution in [3.05, 3.63) is 0 Å². The molecule has 146 valence electrons. The third-order valence-corrected chi connectivity index (χ3v) is 7.01. The van der Waals surface area contributed by atoms with Crippen molar-refractivity contribution in [3.8, 4) is 0 Å². The fourth-order valence-corrected chi connectivity index (χ4v) is 5.46. The Balaban J connectivity index is 1.51. The molecule has 3 aliphatic rings. The Morgan fingerprint density at radius 3 is 2.28 bits per heavy atom. The van der Waals surface area contributed by atoms with Crippen molar-refractivity contribution in [3.63, 3.8) is 0 Å². The number of piperazine rings is 1. The van der Waals surface area contributed by atoms with Gasteiger partial charge in [-0.2, -0.15) is 0 Å². The van der Waals surface area contributed by atoms with E-state index in [9.17, 15) is 5.11 Å². The van der Waals surface area contributed by atoms with E-state index in [1.54, 1.807) is 0 Å². The van der Waals surface area contributed by atoms with E-state index < -0.39 is 0 Å². The summed E-state index contributed by atoms with van der Waals surface area (Å²) in [7, 11) is 0. The van der Waals surface area contributed by atoms with Gasteiger partial charge in [-0.3, -0.25) is 4.90 Å². The quantitative estimate of drug-likeness (QED) is 0.797. The third kappa shape index (κ3) is 5.41. The topological polar surface area (TPSA) is 30.0 Å². The molecule has 0 bridgehead atoms. The lowest BCUT2D eigenvalue weighted by atomic mass is 9.88. The van der Waals surface area contributed by atoms with Crippen molar-refractivity contribution in [1.82, 2.24) is 14.7 Å². The molecule has 0 amide bonds. The average Bonchev–Trinajstić information content (AvgIpc) is 2.63. The summed E-state index contributed by atoms with van der Waals surface area (Å²) in [5, 5.41) is 9.60. The molecule has 1 N–H and O–H groups in total. The van der Waals surface area contributed by atoms with Gasteiger partial charge in [-0.05, 0) is 65.0 Å². The highest BCUT2D eigenvalue weighted by Gasteiger charge is 2.34. The molecule has 0 unspecified atom stereocenters. The fourth-order valence-electron chi connectivity index (χ4n) is 5.46. The van der Waals surface area contributed by atoms with Crippen molar-refractivity contribution < 1.29 is 5.11 Å². The Morgan fingerprint density at radius 1 is 0.920 bits per heavy atom. The van der Waals surface area contributed by atoms with Crippen LogP contribution >= 0.6 is 0 Å². The van der Waals surface area contributed by atoms with E-state index >= 15 is 0 Å². The minimum Gasteiger partial charge on any atom is -0.396 e. The second kappa shape index (κ2) is 9.68. The van der Waals surface area contributed by atoms with Crippen LogP contribution in [0.25, 0.3) is 0 Å². The number of nitrogens with zero attached hydrogens (tertiary/aromatic N) is 3. The van der Waals surface area contributed by atoms with E-state index in [4.69, 9.17) is 0 Å². The van der Waals surface area contributed by atoms with Crippen LogP contribution < -0.4 is 0 Å². The molecule has 0 aromatic rings. The second-order valence-corrected chi connectivity index (χ2v) is 9.03. The van der Waals surface area contributed by atoms with Gasteiger partial charge in [-0.1, -0.05) is 19.3 Å². The molecule has 0 aromatic heterocycles. The first-order valence-electron chi connectivity index (χ1n) is 11.0. The van der Waals surface area contributed by atoms with Gasteiger partial charge in [0.15, 0.2) is 0 Å². The van der Waals surface area contributed by atoms with Gasteiger partial charge in [0.1, 0.15) is 0 Å². The highest BCUT2D eigenvalue weighted by molar-refractivity contribution is 4.90. The molecule has 3 fully saturated rings. The summed E-state index contributed by atoms with van der Waals surface area (Å²) in [6.07, 6.45) is 10.8. The maximum Gasteiger partial charge on any atom is 0.0446 e. The van der Waals surface area contributed by atoms with Crippen LogP contribution in [0.2, 0.25) is 0 Å². The normalized spacial score (nSPS) is 29.5. The fraction of sp³-hybridized carbons (Fsp3) is 1.00. The summed E-state index contributed by atoms with van der Waals surface area (Å²) < 4.78 is 0. The number of hydrogen-bond acceptors (Lipinski definition) is 4. The summed E-state index contributed by atoms with van der Waals surface area (Å²) in [6, 6.07) is 1.99. The van der Waals surface area contributed by atoms with E-state index in [0.29, 0.717) is 18.7 Å². The molecule has 2 heterocycles. The Labute approximate surface area is 155 Å². The van der Waals surface area contributed by atoms with Gasteiger partial charge in [-0.25, -0.2) is 0 Å². The largest absolute Gasteiger partial charge is 0.396 e. The zero-order valence-corrected chi connectivity index (χ0v) is 16.7. The van der Waals surface area contributed by atoms with Crippen molar-refractivity contribution in [1.29, 1.82) is 0 Å². The Morgan fingerprint density at radius 2 is 1.64 bits per heavy atom. The molecule has 4 nitrogen and oxygen atoms in total. The van der Waals surface area contributed by atoms with E-state index in [2.05, 4.69) is 28.5 Å². The summed E-state index contributed by atoms with van der Waals surface area (Å²) in [4.78, 5) is 8.11. The van der Waals surface area contributed by atoms with Crippen molar-refractivity contribution in [2.75, 3.05) is 45.9 Å². The van der Waals surface area contributed by atoms with Gasteiger partial charge in [-0.15, -0.1) is 0 Å².